The Morgan fingerprint density at radius 3 is 2.94 bits per heavy atom. The third-order valence-corrected chi connectivity index (χ3v) is 3.56. The Morgan fingerprint density at radius 1 is 1.65 bits per heavy atom. The highest BCUT2D eigenvalue weighted by atomic mass is 16.2. The van der Waals surface area contributed by atoms with Crippen LogP contribution in [-0.2, 0) is 18.4 Å². The molecule has 1 fully saturated rings. The van der Waals surface area contributed by atoms with Crippen molar-refractivity contribution in [2.45, 2.75) is 31.8 Å². The van der Waals surface area contributed by atoms with Gasteiger partial charge in [0.15, 0.2) is 0 Å². The van der Waals surface area contributed by atoms with Crippen molar-refractivity contribution in [3.05, 3.63) is 18.2 Å². The fourth-order valence-electron chi connectivity index (χ4n) is 2.42. The van der Waals surface area contributed by atoms with E-state index in [2.05, 4.69) is 4.98 Å². The molecule has 0 radical (unpaired) electrons. The first-order valence-electron chi connectivity index (χ1n) is 6.06. The van der Waals surface area contributed by atoms with E-state index in [0.717, 1.165) is 25.1 Å². The van der Waals surface area contributed by atoms with Crippen LogP contribution in [0, 0.1) is 5.92 Å². The molecule has 1 amide bonds. The van der Waals surface area contributed by atoms with Gasteiger partial charge >= 0.3 is 0 Å². The van der Waals surface area contributed by atoms with Gasteiger partial charge in [-0.1, -0.05) is 6.42 Å². The molecule has 0 spiro atoms. The highest BCUT2D eigenvalue weighted by Crippen LogP contribution is 2.25. The fraction of sp³-hybridized carbons (Fsp3) is 0.667. The molecule has 0 aromatic carbocycles. The van der Waals surface area contributed by atoms with Gasteiger partial charge in [-0.25, -0.2) is 4.98 Å². The molecule has 1 aromatic heterocycles. The van der Waals surface area contributed by atoms with Crippen molar-refractivity contribution in [1.29, 1.82) is 0 Å². The Balaban J connectivity index is 1.98. The highest BCUT2D eigenvalue weighted by Gasteiger charge is 2.32. The minimum atomic E-state index is 0.000248. The van der Waals surface area contributed by atoms with Crippen molar-refractivity contribution >= 4 is 5.91 Å². The van der Waals surface area contributed by atoms with Gasteiger partial charge in [-0.2, -0.15) is 0 Å². The predicted molar refractivity (Wildman–Crippen MR) is 65.0 cm³/mol. The summed E-state index contributed by atoms with van der Waals surface area (Å²) in [6.07, 6.45) is 6.58. The Kier molecular flexibility index (Phi) is 3.47. The summed E-state index contributed by atoms with van der Waals surface area (Å²) in [5.41, 5.74) is 5.95. The quantitative estimate of drug-likeness (QED) is 0.831. The number of carbonyl (C=O) groups excluding carboxylic acids is 1. The number of nitrogens with two attached hydrogens (primary N) is 1. The van der Waals surface area contributed by atoms with Crippen molar-refractivity contribution < 1.29 is 4.79 Å². The SMILES string of the molecule is CN(Cc1nccn1C)C(=O)C1CCCC1N. The molecule has 1 heterocycles. The Morgan fingerprint density at radius 2 is 2.41 bits per heavy atom. The summed E-state index contributed by atoms with van der Waals surface area (Å²) in [6, 6.07) is 0.0336. The minimum absolute atomic E-state index is 0.000248. The summed E-state index contributed by atoms with van der Waals surface area (Å²) in [5, 5.41) is 0. The second-order valence-corrected chi connectivity index (χ2v) is 4.85. The van der Waals surface area contributed by atoms with Crippen LogP contribution in [0.4, 0.5) is 0 Å². The average molecular weight is 236 g/mol. The van der Waals surface area contributed by atoms with Crippen molar-refractivity contribution in [3.8, 4) is 0 Å². The molecule has 2 rings (SSSR count). The first-order valence-corrected chi connectivity index (χ1v) is 6.06. The zero-order chi connectivity index (χ0) is 12.4. The number of hydrogen-bond acceptors (Lipinski definition) is 3. The van der Waals surface area contributed by atoms with E-state index in [9.17, 15) is 4.79 Å². The van der Waals surface area contributed by atoms with E-state index in [-0.39, 0.29) is 17.9 Å². The van der Waals surface area contributed by atoms with Crippen LogP contribution in [0.15, 0.2) is 12.4 Å². The van der Waals surface area contributed by atoms with E-state index in [0.29, 0.717) is 6.54 Å². The van der Waals surface area contributed by atoms with Crippen LogP contribution in [0.25, 0.3) is 0 Å². The monoisotopic (exact) mass is 236 g/mol. The molecule has 5 heteroatoms. The van der Waals surface area contributed by atoms with Crippen LogP contribution in [-0.4, -0.2) is 33.4 Å². The molecule has 2 N–H and O–H groups in total. The summed E-state index contributed by atoms with van der Waals surface area (Å²) in [5.74, 6) is 1.05. The fourth-order valence-corrected chi connectivity index (χ4v) is 2.42. The van der Waals surface area contributed by atoms with Crippen LogP contribution in [0.1, 0.15) is 25.1 Å². The number of aryl methyl sites for hydroxylation is 1. The van der Waals surface area contributed by atoms with Crippen LogP contribution in [0.3, 0.4) is 0 Å². The molecule has 2 unspecified atom stereocenters. The molecule has 0 aliphatic heterocycles. The van der Waals surface area contributed by atoms with Gasteiger partial charge in [0, 0.05) is 32.5 Å². The first-order chi connectivity index (χ1) is 8.09. The molecule has 1 saturated carbocycles. The van der Waals surface area contributed by atoms with Crippen LogP contribution in [0.2, 0.25) is 0 Å². The van der Waals surface area contributed by atoms with E-state index < -0.39 is 0 Å². The van der Waals surface area contributed by atoms with Crippen molar-refractivity contribution in [2.75, 3.05) is 7.05 Å². The molecule has 94 valence electrons. The summed E-state index contributed by atoms with van der Waals surface area (Å²) in [7, 11) is 3.75. The lowest BCUT2D eigenvalue weighted by Gasteiger charge is -2.23. The van der Waals surface area contributed by atoms with E-state index in [1.54, 1.807) is 11.1 Å². The smallest absolute Gasteiger partial charge is 0.227 e. The summed E-state index contributed by atoms with van der Waals surface area (Å²) in [4.78, 5) is 18.2. The van der Waals surface area contributed by atoms with E-state index in [1.165, 1.54) is 0 Å². The number of imidazole rings is 1. The van der Waals surface area contributed by atoms with Crippen molar-refractivity contribution in [3.63, 3.8) is 0 Å². The molecule has 0 bridgehead atoms. The van der Waals surface area contributed by atoms with Crippen molar-refractivity contribution in [1.82, 2.24) is 14.5 Å². The van der Waals surface area contributed by atoms with Gasteiger partial charge in [-0.05, 0) is 12.8 Å². The number of amides is 1. The van der Waals surface area contributed by atoms with Crippen LogP contribution >= 0.6 is 0 Å². The second kappa shape index (κ2) is 4.87. The number of rotatable bonds is 3. The molecule has 1 aliphatic carbocycles. The second-order valence-electron chi connectivity index (χ2n) is 4.85. The van der Waals surface area contributed by atoms with Gasteiger partial charge in [-0.3, -0.25) is 4.79 Å². The third kappa shape index (κ3) is 2.49. The maximum atomic E-state index is 12.2. The van der Waals surface area contributed by atoms with Gasteiger partial charge in [0.1, 0.15) is 5.82 Å². The van der Waals surface area contributed by atoms with Gasteiger partial charge in [0.2, 0.25) is 5.91 Å². The standard InChI is InChI=1S/C12H20N4O/c1-15-7-6-14-11(15)8-16(2)12(17)9-4-3-5-10(9)13/h6-7,9-10H,3-5,8,13H2,1-2H3. The van der Waals surface area contributed by atoms with Crippen LogP contribution < -0.4 is 5.73 Å². The number of carbonyl (C=O) groups is 1. The van der Waals surface area contributed by atoms with Gasteiger partial charge in [-0.15, -0.1) is 0 Å². The average Bonchev–Trinajstić information content (AvgIpc) is 2.88. The molecule has 0 saturated heterocycles. The minimum Gasteiger partial charge on any atom is -0.338 e. The molecular formula is C12H20N4O. The summed E-state index contributed by atoms with van der Waals surface area (Å²) >= 11 is 0. The molecule has 2 atom stereocenters. The lowest BCUT2D eigenvalue weighted by Crippen LogP contribution is -2.39. The number of nitrogens with zero attached hydrogens (tertiary/aromatic N) is 3. The number of aromatic nitrogens is 2. The van der Waals surface area contributed by atoms with Gasteiger partial charge < -0.3 is 15.2 Å². The van der Waals surface area contributed by atoms with Gasteiger partial charge in [0.25, 0.3) is 0 Å². The largest absolute Gasteiger partial charge is 0.338 e. The van der Waals surface area contributed by atoms with E-state index in [4.69, 9.17) is 5.73 Å². The molecular weight excluding hydrogens is 216 g/mol. The maximum absolute atomic E-state index is 12.2. The molecule has 5 nitrogen and oxygen atoms in total. The molecule has 1 aliphatic rings. The highest BCUT2D eigenvalue weighted by molar-refractivity contribution is 5.79. The topological polar surface area (TPSA) is 64.2 Å². The third-order valence-electron chi connectivity index (χ3n) is 3.56. The van der Waals surface area contributed by atoms with E-state index >= 15 is 0 Å². The van der Waals surface area contributed by atoms with Crippen LogP contribution in [0.5, 0.6) is 0 Å². The first kappa shape index (κ1) is 12.1. The lowest BCUT2D eigenvalue weighted by molar-refractivity contribution is -0.135. The lowest BCUT2D eigenvalue weighted by atomic mass is 10.0. The zero-order valence-electron chi connectivity index (χ0n) is 10.5. The Bertz CT molecular complexity index is 401. The maximum Gasteiger partial charge on any atom is 0.227 e. The zero-order valence-corrected chi connectivity index (χ0v) is 10.5. The predicted octanol–water partition coefficient (Wildman–Crippen LogP) is 0.506. The normalized spacial score (nSPS) is 23.9. The van der Waals surface area contributed by atoms with E-state index in [1.807, 2.05) is 24.9 Å². The molecule has 17 heavy (non-hydrogen) atoms. The summed E-state index contributed by atoms with van der Waals surface area (Å²) in [6.45, 7) is 0.547. The molecule has 1 aromatic rings. The summed E-state index contributed by atoms with van der Waals surface area (Å²) < 4.78 is 1.93. The Hall–Kier alpha value is -1.36. The van der Waals surface area contributed by atoms with Gasteiger partial charge in [0.05, 0.1) is 12.5 Å². The Labute approximate surface area is 102 Å². The van der Waals surface area contributed by atoms with Crippen molar-refractivity contribution in [2.24, 2.45) is 18.7 Å². The number of hydrogen-bond donors (Lipinski definition) is 1.